The van der Waals surface area contributed by atoms with E-state index in [0.717, 1.165) is 89.0 Å². The van der Waals surface area contributed by atoms with Gasteiger partial charge in [0.1, 0.15) is 0 Å². The van der Waals surface area contributed by atoms with Gasteiger partial charge in [-0.05, 0) is 114 Å². The molecule has 10 aromatic rings. The molecule has 0 saturated heterocycles. The molecule has 0 aliphatic carbocycles. The summed E-state index contributed by atoms with van der Waals surface area (Å²) in [4.78, 5) is 10.5. The van der Waals surface area contributed by atoms with Gasteiger partial charge in [-0.25, -0.2) is 9.98 Å². The number of aliphatic imine (C=N–C) groups is 2. The van der Waals surface area contributed by atoms with Gasteiger partial charge in [-0.3, -0.25) is 0 Å². The van der Waals surface area contributed by atoms with Gasteiger partial charge in [-0.1, -0.05) is 250 Å². The van der Waals surface area contributed by atoms with Crippen LogP contribution in [0.15, 0.2) is 290 Å². The highest BCUT2D eigenvalue weighted by Gasteiger charge is 2.25. The molecule has 0 N–H and O–H groups in total. The van der Waals surface area contributed by atoms with Crippen molar-refractivity contribution in [2.45, 2.75) is 0 Å². The van der Waals surface area contributed by atoms with Gasteiger partial charge >= 0.3 is 0 Å². The van der Waals surface area contributed by atoms with Crippen LogP contribution in [0, 0.1) is 0 Å². The highest BCUT2D eigenvalue weighted by atomic mass is 14.9. The molecule has 0 saturated carbocycles. The van der Waals surface area contributed by atoms with Crippen LogP contribution in [-0.2, 0) is 0 Å². The standard InChI is InChI=1S/C66H48N2/c1-3-62(68-66(54-39-23-10-24-40-54)67-47(2)48-27-11-4-12-28-48)57-44-55(59-42-26-25-41-58(59)49-29-13-5-14-30-49)43-56(45-57)61-46-60(50-31-15-6-16-32-50)63(51-33-17-7-18-34-51)65(53-37-21-9-22-38-53)64(61)52-35-19-8-20-36-52/h3-46H,1-2H2. The maximum Gasteiger partial charge on any atom is 0.160 e. The monoisotopic (exact) mass is 868 g/mol. The Hall–Kier alpha value is -8.98. The summed E-state index contributed by atoms with van der Waals surface area (Å²) in [6.07, 6.45) is 1.84. The van der Waals surface area contributed by atoms with E-state index in [-0.39, 0.29) is 0 Å². The molecule has 10 rings (SSSR count). The highest BCUT2D eigenvalue weighted by molar-refractivity contribution is 6.18. The molecule has 0 heterocycles. The van der Waals surface area contributed by atoms with E-state index < -0.39 is 0 Å². The Morgan fingerprint density at radius 3 is 1.12 bits per heavy atom. The summed E-state index contributed by atoms with van der Waals surface area (Å²) in [6, 6.07) is 92.0. The molecule has 0 atom stereocenters. The van der Waals surface area contributed by atoms with Crippen molar-refractivity contribution < 1.29 is 0 Å². The van der Waals surface area contributed by atoms with E-state index in [2.05, 4.69) is 213 Å². The van der Waals surface area contributed by atoms with Crippen LogP contribution in [0.4, 0.5) is 0 Å². The quantitative estimate of drug-likeness (QED) is 0.0863. The number of allylic oxidation sites excluding steroid dienone is 1. The minimum atomic E-state index is 0.543. The van der Waals surface area contributed by atoms with Crippen LogP contribution >= 0.6 is 0 Å². The zero-order valence-electron chi connectivity index (χ0n) is 37.7. The van der Waals surface area contributed by atoms with Gasteiger partial charge in [0.15, 0.2) is 5.84 Å². The third-order valence-electron chi connectivity index (χ3n) is 12.3. The molecule has 0 aromatic heterocycles. The number of amidine groups is 1. The first kappa shape index (κ1) is 42.9. The lowest BCUT2D eigenvalue weighted by Crippen LogP contribution is -2.06. The Balaban J connectivity index is 1.32. The third kappa shape index (κ3) is 9.13. The summed E-state index contributed by atoms with van der Waals surface area (Å²) >= 11 is 0. The average molecular weight is 869 g/mol. The van der Waals surface area contributed by atoms with Crippen molar-refractivity contribution >= 4 is 17.2 Å². The lowest BCUT2D eigenvalue weighted by molar-refractivity contribution is 1.45. The zero-order valence-corrected chi connectivity index (χ0v) is 37.7. The molecule has 0 fully saturated rings. The molecule has 0 spiro atoms. The molecule has 0 aliphatic rings. The second-order valence-corrected chi connectivity index (χ2v) is 16.6. The molecular weight excluding hydrogens is 821 g/mol. The van der Waals surface area contributed by atoms with E-state index in [1.54, 1.807) is 0 Å². The summed E-state index contributed by atoms with van der Waals surface area (Å²) in [6.45, 7) is 8.79. The van der Waals surface area contributed by atoms with Crippen molar-refractivity contribution in [3.8, 4) is 77.9 Å². The van der Waals surface area contributed by atoms with Crippen molar-refractivity contribution in [2.24, 2.45) is 9.98 Å². The van der Waals surface area contributed by atoms with Gasteiger partial charge in [0.25, 0.3) is 0 Å². The number of rotatable bonds is 12. The van der Waals surface area contributed by atoms with Crippen LogP contribution in [-0.4, -0.2) is 11.5 Å². The van der Waals surface area contributed by atoms with E-state index in [4.69, 9.17) is 9.98 Å². The predicted octanol–water partition coefficient (Wildman–Crippen LogP) is 17.4. The summed E-state index contributed by atoms with van der Waals surface area (Å²) in [5.74, 6) is 0.543. The highest BCUT2D eigenvalue weighted by Crippen LogP contribution is 2.51. The average Bonchev–Trinajstić information content (AvgIpc) is 3.43. The van der Waals surface area contributed by atoms with Crippen LogP contribution < -0.4 is 0 Å². The summed E-state index contributed by atoms with van der Waals surface area (Å²) in [5, 5.41) is 0. The summed E-state index contributed by atoms with van der Waals surface area (Å²) < 4.78 is 0. The van der Waals surface area contributed by atoms with E-state index in [1.807, 2.05) is 66.7 Å². The molecule has 2 heteroatoms. The molecule has 322 valence electrons. The maximum absolute atomic E-state index is 5.40. The van der Waals surface area contributed by atoms with Crippen molar-refractivity contribution in [1.82, 2.24) is 0 Å². The first-order chi connectivity index (χ1) is 33.6. The van der Waals surface area contributed by atoms with Gasteiger partial charge in [-0.15, -0.1) is 0 Å². The lowest BCUT2D eigenvalue weighted by atomic mass is 9.78. The molecule has 0 unspecified atom stereocenters. The minimum Gasteiger partial charge on any atom is -0.229 e. The van der Waals surface area contributed by atoms with Gasteiger partial charge < -0.3 is 0 Å². The van der Waals surface area contributed by atoms with Gasteiger partial charge in [-0.2, -0.15) is 0 Å². The zero-order chi connectivity index (χ0) is 46.1. The van der Waals surface area contributed by atoms with Crippen molar-refractivity contribution in [3.05, 3.63) is 297 Å². The fourth-order valence-corrected chi connectivity index (χ4v) is 9.06. The number of hydrogen-bond acceptors (Lipinski definition) is 1. The molecule has 0 aliphatic heterocycles. The fraction of sp³-hybridized carbons (Fsp3) is 0. The van der Waals surface area contributed by atoms with Crippen LogP contribution in [0.3, 0.4) is 0 Å². The Morgan fingerprint density at radius 2 is 0.647 bits per heavy atom. The SMILES string of the molecule is C=CC(=NC(=NC(=C)c1ccccc1)c1ccccc1)c1cc(-c2ccccc2-c2ccccc2)cc(-c2cc(-c3ccccc3)c(-c3ccccc3)c(-c3ccccc3)c2-c2ccccc2)c1. The largest absolute Gasteiger partial charge is 0.229 e. The van der Waals surface area contributed by atoms with E-state index >= 15 is 0 Å². The van der Waals surface area contributed by atoms with Crippen molar-refractivity contribution in [2.75, 3.05) is 0 Å². The molecule has 0 amide bonds. The van der Waals surface area contributed by atoms with Crippen LogP contribution in [0.1, 0.15) is 16.7 Å². The van der Waals surface area contributed by atoms with Crippen molar-refractivity contribution in [3.63, 3.8) is 0 Å². The minimum absolute atomic E-state index is 0.543. The summed E-state index contributed by atoms with van der Waals surface area (Å²) in [5.41, 5.74) is 19.7. The Bertz CT molecular complexity index is 3410. The van der Waals surface area contributed by atoms with Gasteiger partial charge in [0.2, 0.25) is 0 Å². The first-order valence-corrected chi connectivity index (χ1v) is 23.0. The Labute approximate surface area is 400 Å². The molecule has 0 radical (unpaired) electrons. The number of nitrogens with zero attached hydrogens (tertiary/aromatic N) is 2. The van der Waals surface area contributed by atoms with Crippen LogP contribution in [0.2, 0.25) is 0 Å². The smallest absolute Gasteiger partial charge is 0.160 e. The van der Waals surface area contributed by atoms with E-state index in [1.165, 1.54) is 5.56 Å². The van der Waals surface area contributed by atoms with Crippen molar-refractivity contribution in [1.29, 1.82) is 0 Å². The maximum atomic E-state index is 5.40. The molecular formula is C66H48N2. The normalized spacial score (nSPS) is 11.5. The second kappa shape index (κ2) is 20.0. The number of hydrogen-bond donors (Lipinski definition) is 0. The predicted molar refractivity (Wildman–Crippen MR) is 290 cm³/mol. The second-order valence-electron chi connectivity index (χ2n) is 16.6. The third-order valence-corrected chi connectivity index (χ3v) is 12.3. The number of benzene rings is 10. The Morgan fingerprint density at radius 1 is 0.294 bits per heavy atom. The molecule has 10 aromatic carbocycles. The van der Waals surface area contributed by atoms with E-state index in [0.29, 0.717) is 17.2 Å². The topological polar surface area (TPSA) is 24.7 Å². The molecule has 0 bridgehead atoms. The van der Waals surface area contributed by atoms with Gasteiger partial charge in [0, 0.05) is 11.1 Å². The molecule has 2 nitrogen and oxygen atoms in total. The fourth-order valence-electron chi connectivity index (χ4n) is 9.06. The van der Waals surface area contributed by atoms with Gasteiger partial charge in [0.05, 0.1) is 11.4 Å². The van der Waals surface area contributed by atoms with Crippen LogP contribution in [0.25, 0.3) is 83.6 Å². The first-order valence-electron chi connectivity index (χ1n) is 23.0. The summed E-state index contributed by atoms with van der Waals surface area (Å²) in [7, 11) is 0. The van der Waals surface area contributed by atoms with Crippen LogP contribution in [0.5, 0.6) is 0 Å². The Kier molecular flexibility index (Phi) is 12.7. The molecule has 68 heavy (non-hydrogen) atoms. The lowest BCUT2D eigenvalue weighted by Gasteiger charge is -2.25. The van der Waals surface area contributed by atoms with E-state index in [9.17, 15) is 0 Å².